The molecule has 1 fully saturated rings. The van der Waals surface area contributed by atoms with E-state index < -0.39 is 0 Å². The number of aromatic nitrogens is 3. The zero-order valence-corrected chi connectivity index (χ0v) is 18.4. The number of hydrogen-bond donors (Lipinski definition) is 1. The first-order valence-electron chi connectivity index (χ1n) is 10.5. The Kier molecular flexibility index (Phi) is 6.01. The van der Waals surface area contributed by atoms with Crippen molar-refractivity contribution in [2.45, 2.75) is 25.3 Å². The van der Waals surface area contributed by atoms with E-state index in [0.29, 0.717) is 12.2 Å². The Bertz CT molecular complexity index is 1160. The van der Waals surface area contributed by atoms with Gasteiger partial charge in [0, 0.05) is 48.4 Å². The van der Waals surface area contributed by atoms with E-state index >= 15 is 0 Å². The van der Waals surface area contributed by atoms with Crippen LogP contribution in [-0.4, -0.2) is 40.5 Å². The van der Waals surface area contributed by atoms with Crippen molar-refractivity contribution in [1.29, 1.82) is 0 Å². The lowest BCUT2D eigenvalue weighted by Gasteiger charge is -2.24. The number of halogens is 1. The predicted molar refractivity (Wildman–Crippen MR) is 128 cm³/mol. The Hall–Kier alpha value is -3.58. The van der Waals surface area contributed by atoms with Gasteiger partial charge in [-0.2, -0.15) is 5.10 Å². The second kappa shape index (κ2) is 8.88. The molecule has 0 spiro atoms. The molecule has 1 aromatic carbocycles. The maximum Gasteiger partial charge on any atom is 0.153 e. The Balaban J connectivity index is 1.52. The molecule has 7 heteroatoms. The summed E-state index contributed by atoms with van der Waals surface area (Å²) in [5.74, 6) is 0.310. The Morgan fingerprint density at radius 1 is 1.25 bits per heavy atom. The van der Waals surface area contributed by atoms with Gasteiger partial charge >= 0.3 is 0 Å². The van der Waals surface area contributed by atoms with Gasteiger partial charge in [0.25, 0.3) is 0 Å². The molecule has 1 unspecified atom stereocenters. The minimum absolute atomic E-state index is 0.0317. The summed E-state index contributed by atoms with van der Waals surface area (Å²) in [5.41, 5.74) is 4.87. The van der Waals surface area contributed by atoms with E-state index in [1.54, 1.807) is 17.1 Å². The molecule has 2 aromatic heterocycles. The number of rotatable bonds is 7. The molecule has 0 bridgehead atoms. The van der Waals surface area contributed by atoms with Crippen LogP contribution in [0.3, 0.4) is 0 Å². The van der Waals surface area contributed by atoms with Crippen molar-refractivity contribution >= 4 is 18.5 Å². The third kappa shape index (κ3) is 4.38. The number of allylic oxidation sites excluding steroid dienone is 1. The summed E-state index contributed by atoms with van der Waals surface area (Å²) in [5, 5.41) is 7.53. The quantitative estimate of drug-likeness (QED) is 0.561. The first kappa shape index (κ1) is 21.6. The topological polar surface area (TPSA) is 58.3 Å². The third-order valence-corrected chi connectivity index (χ3v) is 5.85. The fraction of sp³-hybridized carbons (Fsp3) is 0.240. The van der Waals surface area contributed by atoms with E-state index in [-0.39, 0.29) is 11.4 Å². The van der Waals surface area contributed by atoms with E-state index in [1.807, 2.05) is 19.2 Å². The number of nitrogens with one attached hydrogen (secondary N) is 1. The van der Waals surface area contributed by atoms with Crippen LogP contribution in [0.15, 0.2) is 72.4 Å². The highest BCUT2D eigenvalue weighted by Crippen LogP contribution is 2.34. The van der Waals surface area contributed by atoms with Crippen LogP contribution in [0.25, 0.3) is 17.3 Å². The van der Waals surface area contributed by atoms with Crippen LogP contribution in [0.2, 0.25) is 0 Å². The average molecular weight is 431 g/mol. The molecule has 1 aliphatic rings. The van der Waals surface area contributed by atoms with Gasteiger partial charge in [0.15, 0.2) is 5.82 Å². The fourth-order valence-electron chi connectivity index (χ4n) is 4.00. The van der Waals surface area contributed by atoms with Crippen molar-refractivity contribution in [3.63, 3.8) is 0 Å². The predicted octanol–water partition coefficient (Wildman–Crippen LogP) is 4.51. The molecule has 164 valence electrons. The van der Waals surface area contributed by atoms with E-state index in [9.17, 15) is 4.39 Å². The summed E-state index contributed by atoms with van der Waals surface area (Å²) >= 11 is 0. The Morgan fingerprint density at radius 3 is 2.69 bits per heavy atom. The first-order chi connectivity index (χ1) is 15.4. The number of anilines is 1. The monoisotopic (exact) mass is 430 g/mol. The van der Waals surface area contributed by atoms with E-state index in [0.717, 1.165) is 41.2 Å². The number of nitrogens with zero attached hydrogens (tertiary/aromatic N) is 5. The zero-order valence-electron chi connectivity index (χ0n) is 18.4. The largest absolute Gasteiger partial charge is 0.344 e. The molecule has 6 nitrogen and oxygen atoms in total. The number of pyridine rings is 1. The Labute approximate surface area is 187 Å². The van der Waals surface area contributed by atoms with E-state index in [4.69, 9.17) is 0 Å². The highest BCUT2D eigenvalue weighted by molar-refractivity contribution is 5.66. The van der Waals surface area contributed by atoms with Crippen molar-refractivity contribution in [3.05, 3.63) is 84.5 Å². The maximum absolute atomic E-state index is 13.3. The highest BCUT2D eigenvalue weighted by atomic mass is 19.1. The molecule has 4 rings (SSSR count). The van der Waals surface area contributed by atoms with Gasteiger partial charge in [-0.05, 0) is 50.2 Å². The normalized spacial score (nSPS) is 18.6. The lowest BCUT2D eigenvalue weighted by atomic mass is 10.0. The molecule has 0 radical (unpaired) electrons. The van der Waals surface area contributed by atoms with Crippen molar-refractivity contribution in [2.24, 2.45) is 5.10 Å². The van der Waals surface area contributed by atoms with Gasteiger partial charge in [0.2, 0.25) is 0 Å². The fourth-order valence-corrected chi connectivity index (χ4v) is 4.00. The highest BCUT2D eigenvalue weighted by Gasteiger charge is 2.35. The molecule has 1 saturated heterocycles. The summed E-state index contributed by atoms with van der Waals surface area (Å²) in [6.45, 7) is 11.0. The van der Waals surface area contributed by atoms with Crippen molar-refractivity contribution in [1.82, 2.24) is 20.0 Å². The summed E-state index contributed by atoms with van der Waals surface area (Å²) in [7, 11) is 1.99. The van der Waals surface area contributed by atoms with Crippen molar-refractivity contribution in [2.75, 3.05) is 18.5 Å². The number of benzene rings is 1. The third-order valence-electron chi connectivity index (χ3n) is 5.85. The second-order valence-corrected chi connectivity index (χ2v) is 8.26. The van der Waals surface area contributed by atoms with Crippen LogP contribution in [-0.2, 0) is 6.42 Å². The average Bonchev–Trinajstić information content (AvgIpc) is 3.34. The first-order valence-corrected chi connectivity index (χ1v) is 10.5. The minimum Gasteiger partial charge on any atom is -0.344 e. The number of imidazole rings is 1. The smallest absolute Gasteiger partial charge is 0.153 e. The SMILES string of the molecule is C=Nn1c(-c2ccc(N3CC(C)(NC)CC3=C)cc2)cnc1/C=C\Cc1cncc(F)c1. The zero-order chi connectivity index (χ0) is 22.7. The van der Waals surface area contributed by atoms with Crippen molar-refractivity contribution in [3.8, 4) is 11.3 Å². The summed E-state index contributed by atoms with van der Waals surface area (Å²) < 4.78 is 15.0. The molecule has 0 amide bonds. The van der Waals surface area contributed by atoms with Gasteiger partial charge in [0.1, 0.15) is 5.82 Å². The second-order valence-electron chi connectivity index (χ2n) is 8.26. The Morgan fingerprint density at radius 2 is 2.03 bits per heavy atom. The molecular formula is C25H27FN6. The molecule has 1 aliphatic heterocycles. The number of hydrogen-bond acceptors (Lipinski definition) is 5. The van der Waals surface area contributed by atoms with Gasteiger partial charge in [0.05, 0.1) is 18.1 Å². The van der Waals surface area contributed by atoms with Crippen LogP contribution in [0.4, 0.5) is 10.1 Å². The van der Waals surface area contributed by atoms with Crippen LogP contribution in [0.5, 0.6) is 0 Å². The molecule has 3 heterocycles. The maximum atomic E-state index is 13.3. The van der Waals surface area contributed by atoms with Gasteiger partial charge < -0.3 is 10.2 Å². The van der Waals surface area contributed by atoms with Crippen LogP contribution in [0.1, 0.15) is 24.7 Å². The van der Waals surface area contributed by atoms with Gasteiger partial charge in [-0.3, -0.25) is 4.98 Å². The van der Waals surface area contributed by atoms with E-state index in [1.165, 1.54) is 12.3 Å². The van der Waals surface area contributed by atoms with Crippen LogP contribution >= 0.6 is 0 Å². The molecule has 0 saturated carbocycles. The molecule has 1 atom stereocenters. The lowest BCUT2D eigenvalue weighted by molar-refractivity contribution is 0.433. The van der Waals surface area contributed by atoms with Gasteiger partial charge in [-0.25, -0.2) is 14.1 Å². The summed E-state index contributed by atoms with van der Waals surface area (Å²) in [6.07, 6.45) is 9.84. The number of likely N-dealkylation sites (N-methyl/N-ethyl adjacent to an activating group) is 1. The molecule has 1 N–H and O–H groups in total. The van der Waals surface area contributed by atoms with E-state index in [2.05, 4.69) is 69.8 Å². The summed E-state index contributed by atoms with van der Waals surface area (Å²) in [6, 6.07) is 9.77. The van der Waals surface area contributed by atoms with Crippen molar-refractivity contribution < 1.29 is 4.39 Å². The van der Waals surface area contributed by atoms with Crippen LogP contribution < -0.4 is 10.2 Å². The molecule has 0 aliphatic carbocycles. The molecule has 3 aromatic rings. The molecule has 32 heavy (non-hydrogen) atoms. The van der Waals surface area contributed by atoms with Gasteiger partial charge in [-0.1, -0.05) is 24.8 Å². The summed E-state index contributed by atoms with van der Waals surface area (Å²) in [4.78, 5) is 10.6. The van der Waals surface area contributed by atoms with Gasteiger partial charge in [-0.15, -0.1) is 0 Å². The minimum atomic E-state index is -0.344. The standard InChI is InChI=1S/C25H27FN6/c1-18-13-25(2,27-3)17-31(18)22-10-8-20(9-11-22)23-16-30-24(32(23)28-4)7-5-6-19-12-21(26)15-29-14-19/h5,7-12,14-16,27H,1,4,6,13,17H2,2-3H3/b7-5-. The van der Waals surface area contributed by atoms with Crippen LogP contribution in [0, 0.1) is 5.82 Å². The lowest BCUT2D eigenvalue weighted by Crippen LogP contribution is -2.42. The molecular weight excluding hydrogens is 403 g/mol.